The Bertz CT molecular complexity index is 644. The van der Waals surface area contributed by atoms with Crippen LogP contribution in [0.2, 0.25) is 0 Å². The van der Waals surface area contributed by atoms with Gasteiger partial charge < -0.3 is 10.2 Å². The molecule has 4 heteroatoms. The van der Waals surface area contributed by atoms with Gasteiger partial charge in [0.15, 0.2) is 0 Å². The van der Waals surface area contributed by atoms with E-state index < -0.39 is 23.8 Å². The summed E-state index contributed by atoms with van der Waals surface area (Å²) in [6.45, 7) is 0. The maximum atomic E-state index is 11.6. The molecule has 0 aliphatic heterocycles. The van der Waals surface area contributed by atoms with Crippen molar-refractivity contribution in [1.29, 1.82) is 0 Å². The minimum Gasteiger partial charge on any atom is -0.481 e. The summed E-state index contributed by atoms with van der Waals surface area (Å²) in [5, 5.41) is 18.9. The highest BCUT2D eigenvalue weighted by molar-refractivity contribution is 5.95. The highest BCUT2D eigenvalue weighted by Gasteiger charge is 2.42. The maximum Gasteiger partial charge on any atom is 0.312 e. The number of hydrogen-bond donors (Lipinski definition) is 2. The second kappa shape index (κ2) is 4.49. The molecule has 0 aromatic heterocycles. The van der Waals surface area contributed by atoms with Crippen molar-refractivity contribution in [3.63, 3.8) is 0 Å². The quantitative estimate of drug-likeness (QED) is 0.878. The van der Waals surface area contributed by atoms with Crippen LogP contribution in [-0.4, -0.2) is 22.2 Å². The van der Waals surface area contributed by atoms with Gasteiger partial charge in [0.1, 0.15) is 0 Å². The van der Waals surface area contributed by atoms with Gasteiger partial charge in [0.2, 0.25) is 0 Å². The molecular weight excluding hydrogens is 256 g/mol. The van der Waals surface area contributed by atoms with E-state index in [1.165, 1.54) is 0 Å². The first-order valence-electron chi connectivity index (χ1n) is 6.25. The van der Waals surface area contributed by atoms with E-state index in [1.807, 2.05) is 24.3 Å². The molecule has 0 bridgehead atoms. The second-order valence-corrected chi connectivity index (χ2v) is 4.81. The van der Waals surface area contributed by atoms with E-state index in [1.54, 1.807) is 24.3 Å². The summed E-state index contributed by atoms with van der Waals surface area (Å²) in [5.41, 5.74) is 2.72. The van der Waals surface area contributed by atoms with Crippen LogP contribution >= 0.6 is 0 Å². The van der Waals surface area contributed by atoms with Crippen LogP contribution < -0.4 is 0 Å². The molecule has 1 aliphatic rings. The lowest BCUT2D eigenvalue weighted by Crippen LogP contribution is -2.29. The molecule has 0 saturated heterocycles. The highest BCUT2D eigenvalue weighted by Crippen LogP contribution is 2.46. The Morgan fingerprint density at radius 2 is 1.05 bits per heavy atom. The highest BCUT2D eigenvalue weighted by atomic mass is 16.4. The van der Waals surface area contributed by atoms with E-state index in [0.29, 0.717) is 11.1 Å². The lowest BCUT2D eigenvalue weighted by Gasteiger charge is -2.30. The minimum absolute atomic E-state index is 0.561. The van der Waals surface area contributed by atoms with Gasteiger partial charge in [-0.05, 0) is 22.3 Å². The van der Waals surface area contributed by atoms with Crippen molar-refractivity contribution in [3.8, 4) is 11.1 Å². The molecule has 0 fully saturated rings. The molecule has 4 nitrogen and oxygen atoms in total. The molecule has 1 aliphatic carbocycles. The Kier molecular flexibility index (Phi) is 2.79. The molecule has 2 aromatic rings. The number of aliphatic carboxylic acids is 2. The normalized spacial score (nSPS) is 19.8. The SMILES string of the molecule is O=C(O)[C@@H]1c2ccccc2-c2ccccc2[C@@H]1C(=O)O. The molecule has 2 atom stereocenters. The standard InChI is InChI=1S/C16H12O4/c17-15(18)13-11-7-3-1-5-9(11)10-6-2-4-8-12(10)14(13)16(19)20/h1-8,13-14H,(H,17,18)(H,19,20)/t13-,14+. The molecule has 20 heavy (non-hydrogen) atoms. The third-order valence-corrected chi connectivity index (χ3v) is 3.75. The second-order valence-electron chi connectivity index (χ2n) is 4.81. The molecule has 0 heterocycles. The number of hydrogen-bond acceptors (Lipinski definition) is 2. The molecule has 0 saturated carbocycles. The van der Waals surface area contributed by atoms with E-state index in [-0.39, 0.29) is 0 Å². The van der Waals surface area contributed by atoms with E-state index in [4.69, 9.17) is 0 Å². The van der Waals surface area contributed by atoms with Gasteiger partial charge in [-0.3, -0.25) is 9.59 Å². The molecule has 3 rings (SSSR count). The minimum atomic E-state index is -1.11. The van der Waals surface area contributed by atoms with Crippen LogP contribution in [0, 0.1) is 0 Å². The predicted molar refractivity (Wildman–Crippen MR) is 72.6 cm³/mol. The molecule has 2 aromatic carbocycles. The van der Waals surface area contributed by atoms with Crippen LogP contribution in [0.5, 0.6) is 0 Å². The zero-order valence-corrected chi connectivity index (χ0v) is 10.5. The van der Waals surface area contributed by atoms with Crippen LogP contribution in [0.1, 0.15) is 23.0 Å². The maximum absolute atomic E-state index is 11.6. The predicted octanol–water partition coefficient (Wildman–Crippen LogP) is 2.70. The van der Waals surface area contributed by atoms with Crippen molar-refractivity contribution in [2.45, 2.75) is 11.8 Å². The monoisotopic (exact) mass is 268 g/mol. The fourth-order valence-electron chi connectivity index (χ4n) is 2.94. The molecule has 2 N–H and O–H groups in total. The average Bonchev–Trinajstić information content (AvgIpc) is 2.45. The van der Waals surface area contributed by atoms with Gasteiger partial charge in [0.25, 0.3) is 0 Å². The van der Waals surface area contributed by atoms with Crippen molar-refractivity contribution in [2.24, 2.45) is 0 Å². The topological polar surface area (TPSA) is 74.6 Å². The summed E-state index contributed by atoms with van der Waals surface area (Å²) in [6, 6.07) is 14.2. The summed E-state index contributed by atoms with van der Waals surface area (Å²) in [7, 11) is 0. The zero-order chi connectivity index (χ0) is 14.3. The van der Waals surface area contributed by atoms with E-state index in [2.05, 4.69) is 0 Å². The number of fused-ring (bicyclic) bond motifs is 3. The number of carboxylic acid groups (broad SMARTS) is 2. The summed E-state index contributed by atoms with van der Waals surface area (Å²) in [6.07, 6.45) is 0. The Morgan fingerprint density at radius 3 is 1.40 bits per heavy atom. The van der Waals surface area contributed by atoms with Crippen LogP contribution in [0.3, 0.4) is 0 Å². The van der Waals surface area contributed by atoms with Crippen LogP contribution in [-0.2, 0) is 9.59 Å². The van der Waals surface area contributed by atoms with Crippen molar-refractivity contribution in [2.75, 3.05) is 0 Å². The number of benzene rings is 2. The lowest BCUT2D eigenvalue weighted by molar-refractivity contribution is -0.147. The van der Waals surface area contributed by atoms with Crippen LogP contribution in [0.15, 0.2) is 48.5 Å². The van der Waals surface area contributed by atoms with Gasteiger partial charge in [-0.2, -0.15) is 0 Å². The van der Waals surface area contributed by atoms with Crippen LogP contribution in [0.4, 0.5) is 0 Å². The molecule has 100 valence electrons. The molecule has 0 amide bonds. The Morgan fingerprint density at radius 1 is 0.700 bits per heavy atom. The number of rotatable bonds is 2. The van der Waals surface area contributed by atoms with Crippen LogP contribution in [0.25, 0.3) is 11.1 Å². The first-order chi connectivity index (χ1) is 9.61. The fourth-order valence-corrected chi connectivity index (χ4v) is 2.94. The summed E-state index contributed by atoms with van der Waals surface area (Å²) in [5.74, 6) is -4.34. The first kappa shape index (κ1) is 12.4. The zero-order valence-electron chi connectivity index (χ0n) is 10.5. The number of carboxylic acids is 2. The Labute approximate surface area is 115 Å². The fraction of sp³-hybridized carbons (Fsp3) is 0.125. The Hall–Kier alpha value is -2.62. The van der Waals surface area contributed by atoms with E-state index in [9.17, 15) is 19.8 Å². The molecule has 0 spiro atoms. The van der Waals surface area contributed by atoms with Crippen molar-refractivity contribution < 1.29 is 19.8 Å². The Balaban J connectivity index is 2.35. The van der Waals surface area contributed by atoms with Gasteiger partial charge in [0, 0.05) is 0 Å². The van der Waals surface area contributed by atoms with Gasteiger partial charge in [-0.25, -0.2) is 0 Å². The average molecular weight is 268 g/mol. The van der Waals surface area contributed by atoms with E-state index in [0.717, 1.165) is 11.1 Å². The summed E-state index contributed by atoms with van der Waals surface area (Å²) >= 11 is 0. The summed E-state index contributed by atoms with van der Waals surface area (Å²) < 4.78 is 0. The van der Waals surface area contributed by atoms with Crippen molar-refractivity contribution in [1.82, 2.24) is 0 Å². The van der Waals surface area contributed by atoms with Crippen molar-refractivity contribution in [3.05, 3.63) is 59.7 Å². The van der Waals surface area contributed by atoms with Crippen molar-refractivity contribution >= 4 is 11.9 Å². The summed E-state index contributed by atoms with van der Waals surface area (Å²) in [4.78, 5) is 23.2. The molecule has 0 unspecified atom stereocenters. The largest absolute Gasteiger partial charge is 0.481 e. The lowest BCUT2D eigenvalue weighted by atomic mass is 9.71. The number of carbonyl (C=O) groups is 2. The molecular formula is C16H12O4. The smallest absolute Gasteiger partial charge is 0.312 e. The third-order valence-electron chi connectivity index (χ3n) is 3.75. The van der Waals surface area contributed by atoms with Gasteiger partial charge in [-0.15, -0.1) is 0 Å². The van der Waals surface area contributed by atoms with E-state index >= 15 is 0 Å². The molecule has 0 radical (unpaired) electrons. The first-order valence-corrected chi connectivity index (χ1v) is 6.25. The van der Waals surface area contributed by atoms with Gasteiger partial charge >= 0.3 is 11.9 Å². The third kappa shape index (κ3) is 1.69. The van der Waals surface area contributed by atoms with Gasteiger partial charge in [-0.1, -0.05) is 48.5 Å². The van der Waals surface area contributed by atoms with Gasteiger partial charge in [0.05, 0.1) is 11.8 Å².